The van der Waals surface area contributed by atoms with E-state index in [0.29, 0.717) is 11.6 Å². The summed E-state index contributed by atoms with van der Waals surface area (Å²) >= 11 is 6.07. The fraction of sp³-hybridized carbons (Fsp3) is 0.214. The molecule has 0 bridgehead atoms. The van der Waals surface area contributed by atoms with Gasteiger partial charge in [0, 0.05) is 25.5 Å². The number of halogens is 2. The van der Waals surface area contributed by atoms with E-state index in [4.69, 9.17) is 11.6 Å². The minimum atomic E-state index is -0.270. The van der Waals surface area contributed by atoms with Crippen molar-refractivity contribution in [3.05, 3.63) is 52.9 Å². The quantitative estimate of drug-likeness (QED) is 0.930. The molecule has 0 fully saturated rings. The summed E-state index contributed by atoms with van der Waals surface area (Å²) in [7, 11) is 3.70. The van der Waals surface area contributed by atoms with Crippen LogP contribution in [0.5, 0.6) is 0 Å². The number of pyridine rings is 1. The molecule has 0 radical (unpaired) electrons. The predicted octanol–water partition coefficient (Wildman–Crippen LogP) is 3.36. The summed E-state index contributed by atoms with van der Waals surface area (Å²) < 4.78 is 13.2. The van der Waals surface area contributed by atoms with E-state index in [0.717, 1.165) is 17.1 Å². The number of nitrogens with one attached hydrogen (secondary N) is 1. The molecule has 100 valence electrons. The van der Waals surface area contributed by atoms with Crippen molar-refractivity contribution >= 4 is 23.1 Å². The number of nitrogens with zero attached hydrogens (tertiary/aromatic N) is 2. The molecule has 0 aliphatic rings. The molecule has 3 nitrogen and oxygen atoms in total. The van der Waals surface area contributed by atoms with Crippen LogP contribution < -0.4 is 10.2 Å². The van der Waals surface area contributed by atoms with E-state index >= 15 is 0 Å². The van der Waals surface area contributed by atoms with E-state index < -0.39 is 0 Å². The van der Waals surface area contributed by atoms with Gasteiger partial charge in [0.1, 0.15) is 11.6 Å². The average Bonchev–Trinajstić information content (AvgIpc) is 2.41. The van der Waals surface area contributed by atoms with Gasteiger partial charge in [0.15, 0.2) is 0 Å². The first kappa shape index (κ1) is 13.8. The zero-order valence-electron chi connectivity index (χ0n) is 10.8. The summed E-state index contributed by atoms with van der Waals surface area (Å²) in [6.45, 7) is 0.658. The third-order valence-electron chi connectivity index (χ3n) is 2.83. The van der Waals surface area contributed by atoms with Crippen LogP contribution in [-0.4, -0.2) is 19.1 Å². The van der Waals surface area contributed by atoms with Crippen molar-refractivity contribution in [3.8, 4) is 0 Å². The standard InChI is InChI=1S/C14H15ClFN3/c1-17-8-10-6-14(18-9-13(10)15)19(2)12-5-3-4-11(16)7-12/h3-7,9,17H,8H2,1-2H3. The molecule has 19 heavy (non-hydrogen) atoms. The number of benzene rings is 1. The lowest BCUT2D eigenvalue weighted by Gasteiger charge is -2.19. The van der Waals surface area contributed by atoms with E-state index in [2.05, 4.69) is 10.3 Å². The molecule has 0 saturated carbocycles. The highest BCUT2D eigenvalue weighted by Crippen LogP contribution is 2.25. The van der Waals surface area contributed by atoms with Gasteiger partial charge in [-0.2, -0.15) is 0 Å². The molecule has 1 aromatic heterocycles. The lowest BCUT2D eigenvalue weighted by atomic mass is 10.2. The van der Waals surface area contributed by atoms with Crippen LogP contribution in [0, 0.1) is 5.82 Å². The molecule has 1 N–H and O–H groups in total. The Morgan fingerprint density at radius 1 is 1.37 bits per heavy atom. The second-order valence-corrected chi connectivity index (χ2v) is 4.61. The van der Waals surface area contributed by atoms with Gasteiger partial charge in [0.25, 0.3) is 0 Å². The van der Waals surface area contributed by atoms with Crippen LogP contribution >= 0.6 is 11.6 Å². The largest absolute Gasteiger partial charge is 0.329 e. The van der Waals surface area contributed by atoms with Crippen molar-refractivity contribution < 1.29 is 4.39 Å². The Balaban J connectivity index is 2.33. The Morgan fingerprint density at radius 3 is 2.84 bits per heavy atom. The van der Waals surface area contributed by atoms with Crippen LogP contribution in [0.4, 0.5) is 15.9 Å². The van der Waals surface area contributed by atoms with Crippen molar-refractivity contribution in [1.82, 2.24) is 10.3 Å². The summed E-state index contributed by atoms with van der Waals surface area (Å²) in [5, 5.41) is 3.67. The highest BCUT2D eigenvalue weighted by molar-refractivity contribution is 6.31. The molecule has 0 saturated heterocycles. The molecule has 0 atom stereocenters. The number of hydrogen-bond acceptors (Lipinski definition) is 3. The van der Waals surface area contributed by atoms with Crippen molar-refractivity contribution in [1.29, 1.82) is 0 Å². The monoisotopic (exact) mass is 279 g/mol. The number of hydrogen-bond donors (Lipinski definition) is 1. The maximum absolute atomic E-state index is 13.2. The van der Waals surface area contributed by atoms with Gasteiger partial charge in [0.2, 0.25) is 0 Å². The maximum atomic E-state index is 13.2. The first-order chi connectivity index (χ1) is 9.11. The van der Waals surface area contributed by atoms with Gasteiger partial charge in [-0.05, 0) is 36.9 Å². The fourth-order valence-electron chi connectivity index (χ4n) is 1.79. The van der Waals surface area contributed by atoms with Gasteiger partial charge in [-0.1, -0.05) is 17.7 Å². The molecular formula is C14H15ClFN3. The zero-order valence-corrected chi connectivity index (χ0v) is 11.6. The van der Waals surface area contributed by atoms with Crippen molar-refractivity contribution in [2.75, 3.05) is 19.0 Å². The van der Waals surface area contributed by atoms with Crippen LogP contribution in [-0.2, 0) is 6.54 Å². The van der Waals surface area contributed by atoms with Gasteiger partial charge in [0.05, 0.1) is 5.02 Å². The van der Waals surface area contributed by atoms with Gasteiger partial charge in [-0.25, -0.2) is 9.37 Å². The second kappa shape index (κ2) is 5.99. The Bertz CT molecular complexity index is 574. The Kier molecular flexibility index (Phi) is 4.35. The Hall–Kier alpha value is -1.65. The van der Waals surface area contributed by atoms with E-state index in [1.807, 2.05) is 31.1 Å². The minimum Gasteiger partial charge on any atom is -0.329 e. The SMILES string of the molecule is CNCc1cc(N(C)c2cccc(F)c2)ncc1Cl. The summed E-state index contributed by atoms with van der Waals surface area (Å²) in [6, 6.07) is 8.28. The van der Waals surface area contributed by atoms with Gasteiger partial charge in [-0.3, -0.25) is 0 Å². The lowest BCUT2D eigenvalue weighted by molar-refractivity contribution is 0.628. The third kappa shape index (κ3) is 3.22. The van der Waals surface area contributed by atoms with Crippen molar-refractivity contribution in [3.63, 3.8) is 0 Å². The number of aromatic nitrogens is 1. The Labute approximate surface area is 117 Å². The summed E-state index contributed by atoms with van der Waals surface area (Å²) in [4.78, 5) is 6.09. The molecule has 0 aliphatic heterocycles. The normalized spacial score (nSPS) is 10.5. The molecule has 0 unspecified atom stereocenters. The molecule has 1 heterocycles. The summed E-state index contributed by atoms with van der Waals surface area (Å²) in [6.07, 6.45) is 1.61. The van der Waals surface area contributed by atoms with Crippen LogP contribution in [0.2, 0.25) is 5.02 Å². The van der Waals surface area contributed by atoms with Crippen molar-refractivity contribution in [2.24, 2.45) is 0 Å². The van der Waals surface area contributed by atoms with Crippen LogP contribution in [0.25, 0.3) is 0 Å². The molecule has 5 heteroatoms. The van der Waals surface area contributed by atoms with Gasteiger partial charge < -0.3 is 10.2 Å². The molecule has 0 aliphatic carbocycles. The molecule has 0 spiro atoms. The molecule has 2 rings (SSSR count). The molecule has 1 aromatic carbocycles. The van der Waals surface area contributed by atoms with E-state index in [-0.39, 0.29) is 5.82 Å². The predicted molar refractivity (Wildman–Crippen MR) is 76.5 cm³/mol. The minimum absolute atomic E-state index is 0.270. The number of anilines is 2. The third-order valence-corrected chi connectivity index (χ3v) is 3.17. The lowest BCUT2D eigenvalue weighted by Crippen LogP contribution is -2.13. The van der Waals surface area contributed by atoms with Gasteiger partial charge in [-0.15, -0.1) is 0 Å². The highest BCUT2D eigenvalue weighted by Gasteiger charge is 2.09. The topological polar surface area (TPSA) is 28.2 Å². The molecular weight excluding hydrogens is 265 g/mol. The molecule has 2 aromatic rings. The highest BCUT2D eigenvalue weighted by atomic mass is 35.5. The van der Waals surface area contributed by atoms with Crippen molar-refractivity contribution in [2.45, 2.75) is 6.54 Å². The first-order valence-electron chi connectivity index (χ1n) is 5.90. The summed E-state index contributed by atoms with van der Waals surface area (Å²) in [5.74, 6) is 0.453. The van der Waals surface area contributed by atoms with E-state index in [9.17, 15) is 4.39 Å². The van der Waals surface area contributed by atoms with E-state index in [1.54, 1.807) is 12.3 Å². The van der Waals surface area contributed by atoms with Crippen LogP contribution in [0.3, 0.4) is 0 Å². The smallest absolute Gasteiger partial charge is 0.133 e. The first-order valence-corrected chi connectivity index (χ1v) is 6.28. The summed E-state index contributed by atoms with van der Waals surface area (Å²) in [5.41, 5.74) is 1.70. The maximum Gasteiger partial charge on any atom is 0.133 e. The molecule has 0 amide bonds. The number of rotatable bonds is 4. The average molecular weight is 280 g/mol. The van der Waals surface area contributed by atoms with Crippen LogP contribution in [0.1, 0.15) is 5.56 Å². The Morgan fingerprint density at radius 2 is 2.16 bits per heavy atom. The van der Waals surface area contributed by atoms with Crippen LogP contribution in [0.15, 0.2) is 36.5 Å². The fourth-order valence-corrected chi connectivity index (χ4v) is 1.96. The second-order valence-electron chi connectivity index (χ2n) is 4.20. The van der Waals surface area contributed by atoms with Gasteiger partial charge >= 0.3 is 0 Å². The zero-order chi connectivity index (χ0) is 13.8. The van der Waals surface area contributed by atoms with E-state index in [1.165, 1.54) is 12.1 Å².